The number of esters is 2. The molecule has 0 aromatic heterocycles. The van der Waals surface area contributed by atoms with Crippen molar-refractivity contribution in [1.29, 1.82) is 0 Å². The normalized spacial score (nSPS) is 22.4. The molecule has 0 aliphatic heterocycles. The monoisotopic (exact) mass is 450 g/mol. The third-order valence-electron chi connectivity index (χ3n) is 4.28. The lowest BCUT2D eigenvalue weighted by Crippen LogP contribution is -2.26. The van der Waals surface area contributed by atoms with Crippen molar-refractivity contribution in [2.45, 2.75) is 22.9 Å². The predicted molar refractivity (Wildman–Crippen MR) is 103 cm³/mol. The highest BCUT2D eigenvalue weighted by molar-refractivity contribution is 14.1. The number of hydrogen-bond donors (Lipinski definition) is 0. The van der Waals surface area contributed by atoms with E-state index in [4.69, 9.17) is 9.47 Å². The fourth-order valence-corrected chi connectivity index (χ4v) is 4.12. The van der Waals surface area contributed by atoms with Crippen molar-refractivity contribution in [2.75, 3.05) is 6.61 Å². The molecule has 1 unspecified atom stereocenters. The molecule has 0 spiro atoms. The molecule has 25 heavy (non-hydrogen) atoms. The van der Waals surface area contributed by atoms with Gasteiger partial charge in [0.1, 0.15) is 6.10 Å². The number of rotatable bonds is 5. The van der Waals surface area contributed by atoms with E-state index in [-0.39, 0.29) is 30.6 Å². The van der Waals surface area contributed by atoms with Crippen molar-refractivity contribution in [1.82, 2.24) is 0 Å². The summed E-state index contributed by atoms with van der Waals surface area (Å²) in [6.07, 6.45) is 1.43. The van der Waals surface area contributed by atoms with E-state index in [1.807, 2.05) is 24.3 Å². The van der Waals surface area contributed by atoms with Crippen LogP contribution in [0.2, 0.25) is 0 Å². The summed E-state index contributed by atoms with van der Waals surface area (Å²) in [5.41, 5.74) is 1.07. The summed E-state index contributed by atoms with van der Waals surface area (Å²) in [4.78, 5) is 24.4. The maximum absolute atomic E-state index is 12.3. The molecule has 1 aliphatic rings. The molecule has 3 rings (SSSR count). The first kappa shape index (κ1) is 17.9. The number of ether oxygens (including phenoxy) is 2. The minimum Gasteiger partial charge on any atom is -0.462 e. The van der Waals surface area contributed by atoms with Gasteiger partial charge in [0.05, 0.1) is 17.7 Å². The van der Waals surface area contributed by atoms with Crippen LogP contribution in [0.15, 0.2) is 60.7 Å². The Morgan fingerprint density at radius 2 is 1.44 bits per heavy atom. The molecule has 1 fully saturated rings. The number of alkyl halides is 1. The van der Waals surface area contributed by atoms with E-state index in [1.54, 1.807) is 36.4 Å². The summed E-state index contributed by atoms with van der Waals surface area (Å²) < 4.78 is 11.5. The van der Waals surface area contributed by atoms with Gasteiger partial charge in [0.25, 0.3) is 0 Å². The Bertz CT molecular complexity index is 717. The summed E-state index contributed by atoms with van der Waals surface area (Å²) >= 11 is 2.36. The van der Waals surface area contributed by atoms with E-state index in [0.717, 1.165) is 12.8 Å². The second-order valence-corrected chi connectivity index (χ2v) is 7.86. The van der Waals surface area contributed by atoms with Gasteiger partial charge in [-0.2, -0.15) is 0 Å². The minimum atomic E-state index is -0.342. The fourth-order valence-electron chi connectivity index (χ4n) is 2.96. The van der Waals surface area contributed by atoms with E-state index < -0.39 is 0 Å². The quantitative estimate of drug-likeness (QED) is 0.388. The number of carbonyl (C=O) groups excluding carboxylic acids is 2. The first-order chi connectivity index (χ1) is 12.1. The molecule has 4 nitrogen and oxygen atoms in total. The van der Waals surface area contributed by atoms with E-state index in [2.05, 4.69) is 22.6 Å². The number of hydrogen-bond acceptors (Lipinski definition) is 4. The van der Waals surface area contributed by atoms with E-state index in [1.165, 1.54) is 0 Å². The zero-order valence-electron chi connectivity index (χ0n) is 13.6. The topological polar surface area (TPSA) is 52.6 Å². The van der Waals surface area contributed by atoms with Crippen molar-refractivity contribution in [3.05, 3.63) is 71.8 Å². The van der Waals surface area contributed by atoms with Crippen LogP contribution >= 0.6 is 22.6 Å². The zero-order chi connectivity index (χ0) is 17.6. The Labute approximate surface area is 160 Å². The van der Waals surface area contributed by atoms with Crippen molar-refractivity contribution < 1.29 is 19.1 Å². The molecule has 0 amide bonds. The first-order valence-electron chi connectivity index (χ1n) is 8.26. The summed E-state index contributed by atoms with van der Waals surface area (Å²) in [7, 11) is 0. The second-order valence-electron chi connectivity index (χ2n) is 6.10. The van der Waals surface area contributed by atoms with Crippen molar-refractivity contribution in [2.24, 2.45) is 5.92 Å². The lowest BCUT2D eigenvalue weighted by Gasteiger charge is -2.20. The Balaban J connectivity index is 1.58. The zero-order valence-corrected chi connectivity index (χ0v) is 15.8. The van der Waals surface area contributed by atoms with Crippen LogP contribution in [0.1, 0.15) is 33.6 Å². The van der Waals surface area contributed by atoms with Gasteiger partial charge in [0.2, 0.25) is 0 Å². The van der Waals surface area contributed by atoms with E-state index >= 15 is 0 Å². The van der Waals surface area contributed by atoms with Gasteiger partial charge in [-0.25, -0.2) is 9.59 Å². The average molecular weight is 450 g/mol. The summed E-state index contributed by atoms with van der Waals surface area (Å²) in [6, 6.07) is 17.9. The number of carbonyl (C=O) groups is 2. The van der Waals surface area contributed by atoms with Gasteiger partial charge in [-0.15, -0.1) is 0 Å². The SMILES string of the molecule is O=C(OC[C@@H]1C[C@H](I)CC1OC(=O)c1ccccc1)c1ccccc1. The number of benzene rings is 2. The highest BCUT2D eigenvalue weighted by atomic mass is 127. The third kappa shape index (κ3) is 4.81. The molecular formula is C20H19IO4. The molecule has 2 aromatic carbocycles. The average Bonchev–Trinajstić information content (AvgIpc) is 3.00. The van der Waals surface area contributed by atoms with Crippen LogP contribution in [0.5, 0.6) is 0 Å². The Hall–Kier alpha value is -1.89. The van der Waals surface area contributed by atoms with Gasteiger partial charge >= 0.3 is 11.9 Å². The van der Waals surface area contributed by atoms with E-state index in [0.29, 0.717) is 15.1 Å². The second kappa shape index (κ2) is 8.47. The lowest BCUT2D eigenvalue weighted by molar-refractivity contribution is 0.00492. The molecule has 0 bridgehead atoms. The smallest absolute Gasteiger partial charge is 0.338 e. The van der Waals surface area contributed by atoms with Gasteiger partial charge in [-0.3, -0.25) is 0 Å². The molecule has 130 valence electrons. The van der Waals surface area contributed by atoms with Crippen LogP contribution in [0.3, 0.4) is 0 Å². The Kier molecular flexibility index (Phi) is 6.07. The summed E-state index contributed by atoms with van der Waals surface area (Å²) in [5.74, 6) is -0.636. The van der Waals surface area contributed by atoms with Crippen LogP contribution in [0.4, 0.5) is 0 Å². The highest BCUT2D eigenvalue weighted by Crippen LogP contribution is 2.34. The molecule has 0 saturated heterocycles. The van der Waals surface area contributed by atoms with Crippen LogP contribution in [-0.2, 0) is 9.47 Å². The molecular weight excluding hydrogens is 431 g/mol. The van der Waals surface area contributed by atoms with Gasteiger partial charge in [0, 0.05) is 9.84 Å². The molecule has 1 aliphatic carbocycles. The summed E-state index contributed by atoms with van der Waals surface area (Å²) in [5, 5.41) is 0. The van der Waals surface area contributed by atoms with Crippen LogP contribution in [-0.4, -0.2) is 28.6 Å². The molecule has 0 N–H and O–H groups in total. The Morgan fingerprint density at radius 3 is 2.04 bits per heavy atom. The van der Waals surface area contributed by atoms with Gasteiger partial charge in [-0.1, -0.05) is 59.0 Å². The van der Waals surface area contributed by atoms with Crippen LogP contribution in [0.25, 0.3) is 0 Å². The molecule has 0 radical (unpaired) electrons. The molecule has 0 heterocycles. The standard InChI is InChI=1S/C20H19IO4/c21-17-11-16(13-24-19(22)14-7-3-1-4-8-14)18(12-17)25-20(23)15-9-5-2-6-10-15/h1-10,16-18H,11-13H2/t16-,17-,18?/m0/s1. The fraction of sp³-hybridized carbons (Fsp3) is 0.300. The molecule has 1 saturated carbocycles. The van der Waals surface area contributed by atoms with E-state index in [9.17, 15) is 9.59 Å². The number of halogens is 1. The largest absolute Gasteiger partial charge is 0.462 e. The van der Waals surface area contributed by atoms with Gasteiger partial charge in [0.15, 0.2) is 0 Å². The first-order valence-corrected chi connectivity index (χ1v) is 9.50. The maximum Gasteiger partial charge on any atom is 0.338 e. The van der Waals surface area contributed by atoms with Crippen LogP contribution < -0.4 is 0 Å². The van der Waals surface area contributed by atoms with Gasteiger partial charge in [-0.05, 0) is 37.1 Å². The summed E-state index contributed by atoms with van der Waals surface area (Å²) in [6.45, 7) is 0.264. The maximum atomic E-state index is 12.3. The molecule has 2 aromatic rings. The van der Waals surface area contributed by atoms with Crippen molar-refractivity contribution >= 4 is 34.5 Å². The lowest BCUT2D eigenvalue weighted by atomic mass is 10.1. The highest BCUT2D eigenvalue weighted by Gasteiger charge is 2.36. The third-order valence-corrected chi connectivity index (χ3v) is 5.30. The molecule has 5 heteroatoms. The van der Waals surface area contributed by atoms with Crippen molar-refractivity contribution in [3.8, 4) is 0 Å². The van der Waals surface area contributed by atoms with Crippen molar-refractivity contribution in [3.63, 3.8) is 0 Å². The van der Waals surface area contributed by atoms with Gasteiger partial charge < -0.3 is 9.47 Å². The predicted octanol–water partition coefficient (Wildman–Crippen LogP) is 4.28. The Morgan fingerprint density at radius 1 is 0.880 bits per heavy atom. The van der Waals surface area contributed by atoms with Crippen LogP contribution in [0, 0.1) is 5.92 Å². The minimum absolute atomic E-state index is 0.0298. The molecule has 3 atom stereocenters.